The van der Waals surface area contributed by atoms with Crippen molar-refractivity contribution in [2.24, 2.45) is 0 Å². The fraction of sp³-hybridized carbons (Fsp3) is 0.286. The first-order valence-corrected chi connectivity index (χ1v) is 7.19. The molecule has 0 spiro atoms. The Balaban J connectivity index is 2.01. The van der Waals surface area contributed by atoms with Gasteiger partial charge in [-0.05, 0) is 24.1 Å². The summed E-state index contributed by atoms with van der Waals surface area (Å²) in [6.45, 7) is 0.805. The monoisotopic (exact) mass is 308 g/mol. The Morgan fingerprint density at radius 1 is 1.57 bits per heavy atom. The number of rotatable bonds is 4. The highest BCUT2D eigenvalue weighted by molar-refractivity contribution is 7.17. The first-order valence-electron chi connectivity index (χ1n) is 6.38. The van der Waals surface area contributed by atoms with Gasteiger partial charge in [0.1, 0.15) is 10.7 Å². The van der Waals surface area contributed by atoms with Gasteiger partial charge in [-0.15, -0.1) is 0 Å². The molecule has 0 radical (unpaired) electrons. The van der Waals surface area contributed by atoms with Crippen molar-refractivity contribution in [3.05, 3.63) is 40.2 Å². The second kappa shape index (κ2) is 5.42. The number of fused-ring (bicyclic) bond motifs is 1. The zero-order valence-corrected chi connectivity index (χ0v) is 12.1. The molecule has 2 aromatic rings. The average Bonchev–Trinajstić information content (AvgIpc) is 3.02. The van der Waals surface area contributed by atoms with Crippen LogP contribution in [0.15, 0.2) is 18.2 Å². The molecule has 1 aromatic heterocycles. The van der Waals surface area contributed by atoms with Crippen molar-refractivity contribution in [1.82, 2.24) is 4.98 Å². The molecule has 0 unspecified atom stereocenters. The van der Waals surface area contributed by atoms with Crippen molar-refractivity contribution in [3.63, 3.8) is 0 Å². The van der Waals surface area contributed by atoms with Crippen LogP contribution in [-0.2, 0) is 17.8 Å². The van der Waals surface area contributed by atoms with E-state index in [1.807, 2.05) is 4.90 Å². The van der Waals surface area contributed by atoms with E-state index < -0.39 is 5.97 Å². The predicted octanol–water partition coefficient (Wildman–Crippen LogP) is 2.82. The molecule has 1 aliphatic rings. The SMILES string of the molecule is COCc1nc(N2CCc3ccc(F)cc32)sc1C(=O)O. The minimum atomic E-state index is -1.02. The summed E-state index contributed by atoms with van der Waals surface area (Å²) < 4.78 is 18.4. The number of hydrogen-bond donors (Lipinski definition) is 1. The van der Waals surface area contributed by atoms with Gasteiger partial charge in [-0.3, -0.25) is 0 Å². The van der Waals surface area contributed by atoms with Crippen LogP contribution in [-0.4, -0.2) is 29.7 Å². The number of thiazole rings is 1. The number of aromatic carboxylic acids is 1. The van der Waals surface area contributed by atoms with Gasteiger partial charge >= 0.3 is 5.97 Å². The average molecular weight is 308 g/mol. The van der Waals surface area contributed by atoms with Gasteiger partial charge in [0.15, 0.2) is 5.13 Å². The van der Waals surface area contributed by atoms with Crippen molar-refractivity contribution in [3.8, 4) is 0 Å². The van der Waals surface area contributed by atoms with Crippen LogP contribution >= 0.6 is 11.3 Å². The molecule has 1 aromatic carbocycles. The Kier molecular flexibility index (Phi) is 3.60. The molecular weight excluding hydrogens is 295 g/mol. The number of methoxy groups -OCH3 is 1. The predicted molar refractivity (Wildman–Crippen MR) is 76.9 cm³/mol. The summed E-state index contributed by atoms with van der Waals surface area (Å²) in [5.41, 5.74) is 2.19. The van der Waals surface area contributed by atoms with Crippen LogP contribution in [0.1, 0.15) is 20.9 Å². The van der Waals surface area contributed by atoms with E-state index >= 15 is 0 Å². The molecule has 0 bridgehead atoms. The van der Waals surface area contributed by atoms with Gasteiger partial charge < -0.3 is 14.7 Å². The number of anilines is 2. The Bertz CT molecular complexity index is 702. The number of carbonyl (C=O) groups is 1. The molecule has 3 rings (SSSR count). The number of ether oxygens (including phenoxy) is 1. The number of carboxylic acids is 1. The topological polar surface area (TPSA) is 62.7 Å². The van der Waals surface area contributed by atoms with Crippen LogP contribution < -0.4 is 4.90 Å². The van der Waals surface area contributed by atoms with E-state index in [1.165, 1.54) is 19.2 Å². The lowest BCUT2D eigenvalue weighted by atomic mass is 10.2. The van der Waals surface area contributed by atoms with Crippen molar-refractivity contribution in [2.45, 2.75) is 13.0 Å². The summed E-state index contributed by atoms with van der Waals surface area (Å²) in [5.74, 6) is -1.34. The summed E-state index contributed by atoms with van der Waals surface area (Å²) in [5, 5.41) is 9.78. The number of hydrogen-bond acceptors (Lipinski definition) is 5. The van der Waals surface area contributed by atoms with Crippen molar-refractivity contribution in [2.75, 3.05) is 18.6 Å². The highest BCUT2D eigenvalue weighted by Gasteiger charge is 2.26. The standard InChI is InChI=1S/C14H13FN2O3S/c1-20-7-10-12(13(18)19)21-14(16-10)17-5-4-8-2-3-9(15)6-11(8)17/h2-3,6H,4-5,7H2,1H3,(H,18,19). The third-order valence-corrected chi connectivity index (χ3v) is 4.44. The quantitative estimate of drug-likeness (QED) is 0.941. The van der Waals surface area contributed by atoms with Crippen LogP contribution in [0.25, 0.3) is 0 Å². The number of halogens is 1. The molecule has 110 valence electrons. The molecule has 0 amide bonds. The molecule has 2 heterocycles. The summed E-state index contributed by atoms with van der Waals surface area (Å²) >= 11 is 1.09. The van der Waals surface area contributed by atoms with Gasteiger partial charge in [0, 0.05) is 19.3 Å². The van der Waals surface area contributed by atoms with E-state index in [1.54, 1.807) is 6.07 Å². The first kappa shape index (κ1) is 14.0. The van der Waals surface area contributed by atoms with Crippen LogP contribution in [0.2, 0.25) is 0 Å². The van der Waals surface area contributed by atoms with Gasteiger partial charge in [-0.25, -0.2) is 14.2 Å². The number of carboxylic acid groups (broad SMARTS) is 1. The van der Waals surface area contributed by atoms with Crippen molar-refractivity contribution < 1.29 is 19.0 Å². The van der Waals surface area contributed by atoms with Gasteiger partial charge in [0.2, 0.25) is 0 Å². The largest absolute Gasteiger partial charge is 0.477 e. The van der Waals surface area contributed by atoms with Gasteiger partial charge in [0.05, 0.1) is 12.3 Å². The maximum absolute atomic E-state index is 13.4. The van der Waals surface area contributed by atoms with Crippen molar-refractivity contribution in [1.29, 1.82) is 0 Å². The molecule has 0 aliphatic carbocycles. The summed E-state index contributed by atoms with van der Waals surface area (Å²) in [7, 11) is 1.49. The fourth-order valence-electron chi connectivity index (χ4n) is 2.41. The second-order valence-corrected chi connectivity index (χ2v) is 5.66. The molecule has 0 saturated carbocycles. The van der Waals surface area contributed by atoms with Gasteiger partial charge in [-0.2, -0.15) is 0 Å². The number of benzene rings is 1. The summed E-state index contributed by atoms with van der Waals surface area (Å²) in [4.78, 5) is 17.6. The molecule has 0 fully saturated rings. The smallest absolute Gasteiger partial charge is 0.347 e. The van der Waals surface area contributed by atoms with E-state index in [2.05, 4.69) is 4.98 Å². The summed E-state index contributed by atoms with van der Waals surface area (Å²) in [6.07, 6.45) is 0.789. The zero-order valence-electron chi connectivity index (χ0n) is 11.3. The minimum Gasteiger partial charge on any atom is -0.477 e. The molecule has 0 saturated heterocycles. The van der Waals surface area contributed by atoms with Gasteiger partial charge in [-0.1, -0.05) is 17.4 Å². The first-order chi connectivity index (χ1) is 10.1. The molecule has 5 nitrogen and oxygen atoms in total. The maximum atomic E-state index is 13.4. The lowest BCUT2D eigenvalue weighted by Crippen LogP contribution is -2.13. The lowest BCUT2D eigenvalue weighted by Gasteiger charge is -2.15. The molecule has 0 atom stereocenters. The number of aromatic nitrogens is 1. The van der Waals surface area contributed by atoms with Crippen LogP contribution in [0.5, 0.6) is 0 Å². The molecule has 7 heteroatoms. The third kappa shape index (κ3) is 2.50. The maximum Gasteiger partial charge on any atom is 0.347 e. The van der Waals surface area contributed by atoms with E-state index in [4.69, 9.17) is 4.74 Å². The normalized spacial score (nSPS) is 13.5. The Labute approximate surface area is 124 Å². The third-order valence-electron chi connectivity index (χ3n) is 3.34. The molecular formula is C14H13FN2O3S. The van der Waals surface area contributed by atoms with Crippen LogP contribution in [0.3, 0.4) is 0 Å². The fourth-order valence-corrected chi connectivity index (χ4v) is 3.36. The zero-order chi connectivity index (χ0) is 15.0. The number of nitrogens with zero attached hydrogens (tertiary/aromatic N) is 2. The molecule has 1 N–H and O–H groups in total. The Morgan fingerprint density at radius 3 is 3.10 bits per heavy atom. The van der Waals surface area contributed by atoms with E-state index in [0.29, 0.717) is 17.4 Å². The second-order valence-electron chi connectivity index (χ2n) is 4.69. The Morgan fingerprint density at radius 2 is 2.38 bits per heavy atom. The van der Waals surface area contributed by atoms with Crippen molar-refractivity contribution >= 4 is 28.1 Å². The van der Waals surface area contributed by atoms with Crippen LogP contribution in [0, 0.1) is 5.82 Å². The summed E-state index contributed by atoms with van der Waals surface area (Å²) in [6, 6.07) is 4.65. The Hall–Kier alpha value is -1.99. The molecule has 21 heavy (non-hydrogen) atoms. The lowest BCUT2D eigenvalue weighted by molar-refractivity contribution is 0.0697. The van der Waals surface area contributed by atoms with Gasteiger partial charge in [0.25, 0.3) is 0 Å². The highest BCUT2D eigenvalue weighted by atomic mass is 32.1. The van der Waals surface area contributed by atoms with Crippen LogP contribution in [0.4, 0.5) is 15.2 Å². The van der Waals surface area contributed by atoms with E-state index in [0.717, 1.165) is 29.0 Å². The van der Waals surface area contributed by atoms with E-state index in [9.17, 15) is 14.3 Å². The minimum absolute atomic E-state index is 0.141. The molecule has 1 aliphatic heterocycles. The van der Waals surface area contributed by atoms with E-state index in [-0.39, 0.29) is 17.3 Å². The highest BCUT2D eigenvalue weighted by Crippen LogP contribution is 2.38.